The lowest BCUT2D eigenvalue weighted by molar-refractivity contribution is -0.373. The molecule has 0 spiro atoms. The molecule has 2 heterocycles. The molecular weight excluding hydrogens is 719 g/mol. The molecule has 1 fully saturated rings. The molecule has 1 saturated heterocycles. The molecule has 0 radical (unpaired) electrons. The van der Waals surface area contributed by atoms with Gasteiger partial charge in [-0.15, -0.1) is 0 Å². The Hall–Kier alpha value is -3.36. The minimum Gasteiger partial charge on any atom is -0.756 e. The second-order valence-corrected chi connectivity index (χ2v) is 15.4. The minimum atomic E-state index is -4.70. The quantitative estimate of drug-likeness (QED) is 0.0448. The number of phosphoric ester groups is 1. The molecule has 304 valence electrons. The summed E-state index contributed by atoms with van der Waals surface area (Å²) in [6, 6.07) is 4.33. The van der Waals surface area contributed by atoms with E-state index in [0.29, 0.717) is 23.2 Å². The summed E-state index contributed by atoms with van der Waals surface area (Å²) in [5.74, 6) is -2.38. The average Bonchev–Trinajstić information content (AvgIpc) is 3.48. The van der Waals surface area contributed by atoms with Crippen molar-refractivity contribution in [3.8, 4) is 0 Å². The topological polar surface area (TPSA) is 217 Å². The molecule has 3 rings (SSSR count). The minimum absolute atomic E-state index is 0.0983. The number of hydrogen-bond donors (Lipinski definition) is 3. The Bertz CT molecular complexity index is 1410. The van der Waals surface area contributed by atoms with E-state index >= 15 is 0 Å². The van der Waals surface area contributed by atoms with Gasteiger partial charge in [0.2, 0.25) is 11.8 Å². The number of phosphoric acid groups is 1. The van der Waals surface area contributed by atoms with Crippen molar-refractivity contribution >= 4 is 43.2 Å². The molecule has 0 aliphatic carbocycles. The lowest BCUT2D eigenvalue weighted by Crippen LogP contribution is -2.52. The number of esters is 2. The second-order valence-electron chi connectivity index (χ2n) is 14.0. The number of unbranched alkanes of at least 4 members (excludes halogenated alkanes) is 13. The largest absolute Gasteiger partial charge is 0.756 e. The van der Waals surface area contributed by atoms with Crippen LogP contribution < -0.4 is 21.3 Å². The van der Waals surface area contributed by atoms with Gasteiger partial charge in [-0.1, -0.05) is 96.5 Å². The van der Waals surface area contributed by atoms with Crippen LogP contribution >= 0.6 is 7.82 Å². The third-order valence-electron chi connectivity index (χ3n) is 9.50. The number of ether oxygens (including phenoxy) is 2. The number of amides is 3. The van der Waals surface area contributed by atoms with Gasteiger partial charge in [0.1, 0.15) is 19.3 Å². The van der Waals surface area contributed by atoms with Gasteiger partial charge in [0, 0.05) is 42.7 Å². The predicted octanol–water partition coefficient (Wildman–Crippen LogP) is 4.32. The zero-order chi connectivity index (χ0) is 39.2. The van der Waals surface area contributed by atoms with Crippen molar-refractivity contribution in [2.75, 3.05) is 38.2 Å². The van der Waals surface area contributed by atoms with Crippen LogP contribution in [0.25, 0.3) is 0 Å². The Kier molecular flexibility index (Phi) is 20.8. The molecule has 1 unspecified atom stereocenters. The van der Waals surface area contributed by atoms with Crippen LogP contribution in [0.2, 0.25) is 0 Å². The third-order valence-corrected chi connectivity index (χ3v) is 10.5. The maximum atomic E-state index is 13.1. The number of imide groups is 1. The number of quaternary nitrogens is 1. The van der Waals surface area contributed by atoms with E-state index in [0.717, 1.165) is 19.3 Å². The number of fused-ring (bicyclic) bond motifs is 1. The number of carbonyl (C=O) groups is 5. The van der Waals surface area contributed by atoms with Crippen LogP contribution in [-0.4, -0.2) is 79.6 Å². The van der Waals surface area contributed by atoms with E-state index in [1.807, 2.05) is 0 Å². The highest BCUT2D eigenvalue weighted by atomic mass is 31.2. The van der Waals surface area contributed by atoms with Gasteiger partial charge in [-0.2, -0.15) is 0 Å². The van der Waals surface area contributed by atoms with E-state index in [2.05, 4.69) is 23.3 Å². The standard InChI is InChI=1S/C38H61N4O11P/c1-2-3-4-5-6-7-8-9-10-11-12-13-14-15-19-35(44)50-27-29(28-52-54(48,49)51-25-23-39)53-36(45)22-24-40-32-18-16-17-30-31(32)26-42(38(30)47)33-20-21-34(43)41-37(33)46/h16-18,29,33,40H,2-15,19-28,39H2,1H3,(H,48,49)(H,41,43,46)/t29-,33+/m0/s1. The van der Waals surface area contributed by atoms with E-state index < -0.39 is 51.0 Å². The molecule has 2 aliphatic rings. The highest BCUT2D eigenvalue weighted by molar-refractivity contribution is 7.45. The van der Waals surface area contributed by atoms with Crippen molar-refractivity contribution in [3.05, 3.63) is 29.3 Å². The second kappa shape index (κ2) is 24.9. The van der Waals surface area contributed by atoms with E-state index in [4.69, 9.17) is 18.5 Å². The fourth-order valence-electron chi connectivity index (χ4n) is 6.52. The van der Waals surface area contributed by atoms with Crippen LogP contribution in [0.3, 0.4) is 0 Å². The molecule has 3 atom stereocenters. The van der Waals surface area contributed by atoms with E-state index in [-0.39, 0.29) is 63.7 Å². The first kappa shape index (κ1) is 45.0. The van der Waals surface area contributed by atoms with Gasteiger partial charge < -0.3 is 39.4 Å². The number of carbonyl (C=O) groups excluding carboxylic acids is 5. The molecule has 0 aromatic heterocycles. The Morgan fingerprint density at radius 3 is 2.20 bits per heavy atom. The first-order valence-corrected chi connectivity index (χ1v) is 21.3. The number of piperidine rings is 1. The molecule has 16 heteroatoms. The smallest absolute Gasteiger partial charge is 0.308 e. The van der Waals surface area contributed by atoms with Crippen LogP contribution in [0.15, 0.2) is 18.2 Å². The molecule has 0 bridgehead atoms. The van der Waals surface area contributed by atoms with E-state index in [9.17, 15) is 33.4 Å². The fourth-order valence-corrected chi connectivity index (χ4v) is 7.30. The van der Waals surface area contributed by atoms with Crippen molar-refractivity contribution in [1.82, 2.24) is 10.2 Å². The summed E-state index contributed by atoms with van der Waals surface area (Å²) in [7, 11) is -4.70. The molecule has 3 amide bonds. The van der Waals surface area contributed by atoms with Gasteiger partial charge in [0.15, 0.2) is 6.10 Å². The SMILES string of the molecule is CCCCCCCCCCCCCCCCC(=O)OC[C@@H](COP(=O)([O-])OCC[NH3+])OC(=O)CCNc1cccc2c1CN([C@@H]1CCC(=O)NC1=O)C2=O. The summed E-state index contributed by atoms with van der Waals surface area (Å²) in [6.45, 7) is 1.52. The summed E-state index contributed by atoms with van der Waals surface area (Å²) >= 11 is 0. The van der Waals surface area contributed by atoms with Gasteiger partial charge in [0.25, 0.3) is 13.7 Å². The Labute approximate surface area is 319 Å². The third kappa shape index (κ3) is 16.6. The Balaban J connectivity index is 1.39. The Morgan fingerprint density at radius 2 is 1.57 bits per heavy atom. The number of benzene rings is 1. The van der Waals surface area contributed by atoms with Gasteiger partial charge in [-0.25, -0.2) is 0 Å². The van der Waals surface area contributed by atoms with Crippen molar-refractivity contribution in [1.29, 1.82) is 0 Å². The number of hydrogen-bond acceptors (Lipinski definition) is 12. The molecule has 54 heavy (non-hydrogen) atoms. The van der Waals surface area contributed by atoms with Crippen LogP contribution in [-0.2, 0) is 48.8 Å². The van der Waals surface area contributed by atoms with Gasteiger partial charge in [-0.3, -0.25) is 33.9 Å². The van der Waals surface area contributed by atoms with Crippen LogP contribution in [0.4, 0.5) is 5.69 Å². The number of nitrogens with one attached hydrogen (secondary N) is 2. The molecular formula is C38H61N4O11P. The summed E-state index contributed by atoms with van der Waals surface area (Å²) < 4.78 is 32.5. The summed E-state index contributed by atoms with van der Waals surface area (Å²) in [5.41, 5.74) is 5.20. The molecule has 1 aromatic carbocycles. The van der Waals surface area contributed by atoms with Crippen molar-refractivity contribution in [3.63, 3.8) is 0 Å². The van der Waals surface area contributed by atoms with Crippen molar-refractivity contribution in [2.45, 2.75) is 141 Å². The van der Waals surface area contributed by atoms with Gasteiger partial charge >= 0.3 is 11.9 Å². The summed E-state index contributed by atoms with van der Waals surface area (Å²) in [4.78, 5) is 76.0. The molecule has 0 saturated carbocycles. The van der Waals surface area contributed by atoms with Gasteiger partial charge in [0.05, 0.1) is 19.6 Å². The van der Waals surface area contributed by atoms with Crippen LogP contribution in [0.5, 0.6) is 0 Å². The lowest BCUT2D eigenvalue weighted by atomic mass is 10.0. The first-order valence-electron chi connectivity index (χ1n) is 19.8. The number of nitrogens with zero attached hydrogens (tertiary/aromatic N) is 1. The lowest BCUT2D eigenvalue weighted by Gasteiger charge is -2.29. The normalized spacial score (nSPS) is 17.1. The Morgan fingerprint density at radius 1 is 0.926 bits per heavy atom. The zero-order valence-electron chi connectivity index (χ0n) is 31.9. The first-order chi connectivity index (χ1) is 26.0. The summed E-state index contributed by atoms with van der Waals surface area (Å²) in [5, 5.41) is 5.41. The highest BCUT2D eigenvalue weighted by Gasteiger charge is 2.39. The van der Waals surface area contributed by atoms with Crippen molar-refractivity contribution < 1.29 is 57.7 Å². The molecule has 1 aromatic rings. The van der Waals surface area contributed by atoms with Gasteiger partial charge in [-0.05, 0) is 25.0 Å². The zero-order valence-corrected chi connectivity index (χ0v) is 32.8. The maximum absolute atomic E-state index is 13.1. The predicted molar refractivity (Wildman–Crippen MR) is 199 cm³/mol. The monoisotopic (exact) mass is 780 g/mol. The summed E-state index contributed by atoms with van der Waals surface area (Å²) in [6.07, 6.45) is 16.0. The molecule has 2 aliphatic heterocycles. The number of anilines is 1. The van der Waals surface area contributed by atoms with Crippen molar-refractivity contribution in [2.24, 2.45) is 0 Å². The molecule has 15 nitrogen and oxygen atoms in total. The van der Waals surface area contributed by atoms with E-state index in [1.165, 1.54) is 69.1 Å². The van der Waals surface area contributed by atoms with Crippen LogP contribution in [0.1, 0.15) is 138 Å². The van der Waals surface area contributed by atoms with E-state index in [1.54, 1.807) is 18.2 Å². The van der Waals surface area contributed by atoms with Crippen LogP contribution in [0, 0.1) is 0 Å². The maximum Gasteiger partial charge on any atom is 0.308 e. The fraction of sp³-hybridized carbons (Fsp3) is 0.711. The number of rotatable bonds is 29. The molecule has 5 N–H and O–H groups in total. The highest BCUT2D eigenvalue weighted by Crippen LogP contribution is 2.38. The average molecular weight is 781 g/mol.